The Morgan fingerprint density at radius 2 is 1.96 bits per heavy atom. The summed E-state index contributed by atoms with van der Waals surface area (Å²) in [6, 6.07) is 8.18. The van der Waals surface area contributed by atoms with Gasteiger partial charge in [-0.25, -0.2) is 0 Å². The van der Waals surface area contributed by atoms with E-state index in [1.807, 2.05) is 18.2 Å². The monoisotopic (exact) mass is 317 g/mol. The molecule has 0 aromatic heterocycles. The van der Waals surface area contributed by atoms with Crippen molar-refractivity contribution in [2.75, 3.05) is 13.2 Å². The van der Waals surface area contributed by atoms with Crippen molar-refractivity contribution in [2.45, 2.75) is 63.1 Å². The van der Waals surface area contributed by atoms with Gasteiger partial charge in [0.25, 0.3) is 0 Å². The van der Waals surface area contributed by atoms with Crippen molar-refractivity contribution in [3.05, 3.63) is 35.4 Å². The molecule has 1 heterocycles. The fourth-order valence-electron chi connectivity index (χ4n) is 3.71. The predicted octanol–water partition coefficient (Wildman–Crippen LogP) is 2.89. The van der Waals surface area contributed by atoms with Gasteiger partial charge in [-0.05, 0) is 30.4 Å². The van der Waals surface area contributed by atoms with Gasteiger partial charge in [-0.3, -0.25) is 4.79 Å². The zero-order valence-corrected chi connectivity index (χ0v) is 13.7. The highest BCUT2D eigenvalue weighted by molar-refractivity contribution is 5.76. The number of hydrogen-bond donors (Lipinski definition) is 2. The van der Waals surface area contributed by atoms with Crippen LogP contribution >= 0.6 is 0 Å². The van der Waals surface area contributed by atoms with E-state index < -0.39 is 5.60 Å². The van der Waals surface area contributed by atoms with Crippen LogP contribution < -0.4 is 5.32 Å². The van der Waals surface area contributed by atoms with Crippen LogP contribution in [0.25, 0.3) is 0 Å². The SMILES string of the molecule is O=C(CC1OCCc2ccccc21)NCC1(O)CCCCCC1. The lowest BCUT2D eigenvalue weighted by Gasteiger charge is -2.28. The van der Waals surface area contributed by atoms with E-state index in [1.165, 1.54) is 18.4 Å². The smallest absolute Gasteiger partial charge is 0.223 e. The third-order valence-electron chi connectivity index (χ3n) is 5.11. The average Bonchev–Trinajstić information content (AvgIpc) is 2.79. The molecule has 4 nitrogen and oxygen atoms in total. The first kappa shape index (κ1) is 16.5. The van der Waals surface area contributed by atoms with Gasteiger partial charge in [0.2, 0.25) is 5.91 Å². The summed E-state index contributed by atoms with van der Waals surface area (Å²) in [7, 11) is 0. The van der Waals surface area contributed by atoms with Crippen molar-refractivity contribution in [3.8, 4) is 0 Å². The molecule has 1 saturated carbocycles. The highest BCUT2D eigenvalue weighted by Gasteiger charge is 2.29. The zero-order valence-electron chi connectivity index (χ0n) is 13.7. The molecule has 126 valence electrons. The molecule has 1 fully saturated rings. The second kappa shape index (κ2) is 7.45. The molecular formula is C19H27NO3. The number of rotatable bonds is 4. The third-order valence-corrected chi connectivity index (χ3v) is 5.11. The number of nitrogens with one attached hydrogen (secondary N) is 1. The van der Waals surface area contributed by atoms with Crippen molar-refractivity contribution in [3.63, 3.8) is 0 Å². The van der Waals surface area contributed by atoms with Gasteiger partial charge in [0.15, 0.2) is 0 Å². The van der Waals surface area contributed by atoms with Gasteiger partial charge in [-0.2, -0.15) is 0 Å². The minimum Gasteiger partial charge on any atom is -0.388 e. The van der Waals surface area contributed by atoms with Crippen LogP contribution in [0, 0.1) is 0 Å². The van der Waals surface area contributed by atoms with Crippen LogP contribution in [0.3, 0.4) is 0 Å². The molecule has 0 saturated heterocycles. The van der Waals surface area contributed by atoms with Crippen molar-refractivity contribution in [1.82, 2.24) is 5.32 Å². The minimum atomic E-state index is -0.725. The maximum Gasteiger partial charge on any atom is 0.223 e. The molecule has 1 aliphatic heterocycles. The Balaban J connectivity index is 1.54. The molecule has 1 aliphatic carbocycles. The number of ether oxygens (including phenoxy) is 1. The number of hydrogen-bond acceptors (Lipinski definition) is 3. The summed E-state index contributed by atoms with van der Waals surface area (Å²) in [6.07, 6.45) is 7.11. The van der Waals surface area contributed by atoms with Gasteiger partial charge in [0.1, 0.15) is 0 Å². The first-order valence-corrected chi connectivity index (χ1v) is 8.85. The predicted molar refractivity (Wildman–Crippen MR) is 89.1 cm³/mol. The van der Waals surface area contributed by atoms with Crippen LogP contribution in [-0.2, 0) is 16.0 Å². The lowest BCUT2D eigenvalue weighted by molar-refractivity contribution is -0.125. The molecule has 2 aliphatic rings. The van der Waals surface area contributed by atoms with Crippen molar-refractivity contribution < 1.29 is 14.6 Å². The van der Waals surface area contributed by atoms with Crippen molar-refractivity contribution >= 4 is 5.91 Å². The lowest BCUT2D eigenvalue weighted by Crippen LogP contribution is -2.43. The Labute approximate surface area is 138 Å². The lowest BCUT2D eigenvalue weighted by atomic mass is 9.93. The number of fused-ring (bicyclic) bond motifs is 1. The van der Waals surface area contributed by atoms with Crippen LogP contribution in [0.4, 0.5) is 0 Å². The standard InChI is InChI=1S/C19H27NO3/c21-18(20-14-19(22)10-5-1-2-6-11-19)13-17-16-8-4-3-7-15(16)9-12-23-17/h3-4,7-8,17,22H,1-2,5-6,9-14H2,(H,20,21). The molecular weight excluding hydrogens is 290 g/mol. The van der Waals surface area contributed by atoms with Gasteiger partial charge in [-0.15, -0.1) is 0 Å². The van der Waals surface area contributed by atoms with Crippen molar-refractivity contribution in [1.29, 1.82) is 0 Å². The van der Waals surface area contributed by atoms with Crippen LogP contribution in [0.15, 0.2) is 24.3 Å². The van der Waals surface area contributed by atoms with Crippen LogP contribution in [0.2, 0.25) is 0 Å². The Morgan fingerprint density at radius 3 is 2.74 bits per heavy atom. The van der Waals surface area contributed by atoms with E-state index in [4.69, 9.17) is 4.74 Å². The Kier molecular flexibility index (Phi) is 5.34. The molecule has 1 aromatic rings. The van der Waals surface area contributed by atoms with E-state index in [0.717, 1.165) is 37.7 Å². The van der Waals surface area contributed by atoms with Gasteiger partial charge in [0, 0.05) is 6.54 Å². The normalized spacial score (nSPS) is 23.6. The second-order valence-electron chi connectivity index (χ2n) is 6.93. The van der Waals surface area contributed by atoms with Crippen LogP contribution in [0.5, 0.6) is 0 Å². The van der Waals surface area contributed by atoms with Gasteiger partial charge in [0.05, 0.1) is 24.7 Å². The highest BCUT2D eigenvalue weighted by Crippen LogP contribution is 2.30. The molecule has 1 amide bonds. The van der Waals surface area contributed by atoms with Crippen molar-refractivity contribution in [2.24, 2.45) is 0 Å². The molecule has 2 N–H and O–H groups in total. The van der Waals surface area contributed by atoms with Crippen LogP contribution in [0.1, 0.15) is 62.2 Å². The Bertz CT molecular complexity index is 535. The molecule has 1 atom stereocenters. The van der Waals surface area contributed by atoms with E-state index in [9.17, 15) is 9.90 Å². The average molecular weight is 317 g/mol. The zero-order chi connectivity index (χ0) is 16.1. The maximum atomic E-state index is 12.3. The number of amides is 1. The summed E-state index contributed by atoms with van der Waals surface area (Å²) in [6.45, 7) is 1.03. The van der Waals surface area contributed by atoms with Crippen LogP contribution in [-0.4, -0.2) is 29.8 Å². The third kappa shape index (κ3) is 4.33. The maximum absolute atomic E-state index is 12.3. The summed E-state index contributed by atoms with van der Waals surface area (Å²) in [5.74, 6) is -0.0376. The molecule has 1 unspecified atom stereocenters. The highest BCUT2D eigenvalue weighted by atomic mass is 16.5. The van der Waals surface area contributed by atoms with Gasteiger partial charge < -0.3 is 15.2 Å². The Hall–Kier alpha value is -1.39. The molecule has 3 rings (SSSR count). The number of carbonyl (C=O) groups is 1. The second-order valence-corrected chi connectivity index (χ2v) is 6.93. The molecule has 0 spiro atoms. The molecule has 0 bridgehead atoms. The number of aliphatic hydroxyl groups is 1. The fraction of sp³-hybridized carbons (Fsp3) is 0.632. The first-order valence-electron chi connectivity index (χ1n) is 8.85. The molecule has 0 radical (unpaired) electrons. The minimum absolute atomic E-state index is 0.0376. The summed E-state index contributed by atoms with van der Waals surface area (Å²) >= 11 is 0. The Morgan fingerprint density at radius 1 is 1.22 bits per heavy atom. The molecule has 1 aromatic carbocycles. The number of benzene rings is 1. The van der Waals surface area contributed by atoms with E-state index in [-0.39, 0.29) is 12.0 Å². The molecule has 4 heteroatoms. The summed E-state index contributed by atoms with van der Waals surface area (Å²) in [5.41, 5.74) is 1.68. The number of carbonyl (C=O) groups excluding carboxylic acids is 1. The molecule has 23 heavy (non-hydrogen) atoms. The summed E-state index contributed by atoms with van der Waals surface area (Å²) in [5, 5.41) is 13.5. The quantitative estimate of drug-likeness (QED) is 0.840. The van der Waals surface area contributed by atoms with E-state index in [1.54, 1.807) is 0 Å². The van der Waals surface area contributed by atoms with E-state index >= 15 is 0 Å². The summed E-state index contributed by atoms with van der Waals surface area (Å²) < 4.78 is 5.79. The summed E-state index contributed by atoms with van der Waals surface area (Å²) in [4.78, 5) is 12.3. The van der Waals surface area contributed by atoms with Gasteiger partial charge >= 0.3 is 0 Å². The van der Waals surface area contributed by atoms with E-state index in [0.29, 0.717) is 19.6 Å². The largest absolute Gasteiger partial charge is 0.388 e. The first-order chi connectivity index (χ1) is 11.2. The topological polar surface area (TPSA) is 58.6 Å². The fourth-order valence-corrected chi connectivity index (χ4v) is 3.71. The van der Waals surface area contributed by atoms with Gasteiger partial charge in [-0.1, -0.05) is 49.9 Å². The van der Waals surface area contributed by atoms with E-state index in [2.05, 4.69) is 11.4 Å².